The normalized spacial score (nSPS) is 10.2. The molecule has 23 heavy (non-hydrogen) atoms. The van der Waals surface area contributed by atoms with E-state index in [1.165, 1.54) is 30.8 Å². The predicted molar refractivity (Wildman–Crippen MR) is 89.7 cm³/mol. The minimum Gasteiger partial charge on any atom is -0.351 e. The molecule has 4 nitrogen and oxygen atoms in total. The quantitative estimate of drug-likeness (QED) is 0.799. The summed E-state index contributed by atoms with van der Waals surface area (Å²) >= 11 is 1.41. The second-order valence-corrected chi connectivity index (χ2v) is 5.95. The van der Waals surface area contributed by atoms with Gasteiger partial charge < -0.3 is 10.6 Å². The SMILES string of the molecule is CC(=O)Nc1ccc(SCC(=O)NCc2ccc(F)cc2)cc1. The molecule has 2 aromatic carbocycles. The van der Waals surface area contributed by atoms with Crippen LogP contribution in [0.3, 0.4) is 0 Å². The number of carbonyl (C=O) groups excluding carboxylic acids is 2. The van der Waals surface area contributed by atoms with Crippen LogP contribution in [0, 0.1) is 5.82 Å². The first-order chi connectivity index (χ1) is 11.0. The van der Waals surface area contributed by atoms with E-state index < -0.39 is 0 Å². The van der Waals surface area contributed by atoms with E-state index in [1.54, 1.807) is 24.3 Å². The molecule has 0 aliphatic carbocycles. The first-order valence-corrected chi connectivity index (χ1v) is 8.03. The first kappa shape index (κ1) is 17.0. The number of hydrogen-bond donors (Lipinski definition) is 2. The van der Waals surface area contributed by atoms with Gasteiger partial charge in [-0.3, -0.25) is 9.59 Å². The van der Waals surface area contributed by atoms with Crippen molar-refractivity contribution in [2.24, 2.45) is 0 Å². The predicted octanol–water partition coefficient (Wildman–Crippen LogP) is 3.19. The lowest BCUT2D eigenvalue weighted by Crippen LogP contribution is -2.24. The van der Waals surface area contributed by atoms with Crippen molar-refractivity contribution in [3.8, 4) is 0 Å². The lowest BCUT2D eigenvalue weighted by atomic mass is 10.2. The summed E-state index contributed by atoms with van der Waals surface area (Å²) in [6.45, 7) is 1.83. The largest absolute Gasteiger partial charge is 0.351 e. The lowest BCUT2D eigenvalue weighted by Gasteiger charge is -2.06. The van der Waals surface area contributed by atoms with Gasteiger partial charge in [-0.05, 0) is 42.0 Å². The summed E-state index contributed by atoms with van der Waals surface area (Å²) in [4.78, 5) is 23.7. The first-order valence-electron chi connectivity index (χ1n) is 7.04. The minimum atomic E-state index is -0.293. The zero-order chi connectivity index (χ0) is 16.7. The van der Waals surface area contributed by atoms with E-state index >= 15 is 0 Å². The fourth-order valence-electron chi connectivity index (χ4n) is 1.84. The molecule has 120 valence electrons. The molecule has 0 bridgehead atoms. The Labute approximate surface area is 138 Å². The Morgan fingerprint density at radius 2 is 1.70 bits per heavy atom. The number of hydrogen-bond acceptors (Lipinski definition) is 3. The van der Waals surface area contributed by atoms with Gasteiger partial charge >= 0.3 is 0 Å². The summed E-state index contributed by atoms with van der Waals surface area (Å²) in [5.74, 6) is -0.213. The molecule has 0 spiro atoms. The Balaban J connectivity index is 1.75. The highest BCUT2D eigenvalue weighted by Gasteiger charge is 2.04. The number of thioether (sulfide) groups is 1. The molecule has 6 heteroatoms. The van der Waals surface area contributed by atoms with Crippen LogP contribution in [0.2, 0.25) is 0 Å². The van der Waals surface area contributed by atoms with Crippen LogP contribution in [0.5, 0.6) is 0 Å². The zero-order valence-electron chi connectivity index (χ0n) is 12.6. The van der Waals surface area contributed by atoms with Gasteiger partial charge in [-0.25, -0.2) is 4.39 Å². The zero-order valence-corrected chi connectivity index (χ0v) is 13.5. The molecule has 2 rings (SSSR count). The van der Waals surface area contributed by atoms with Gasteiger partial charge in [0.2, 0.25) is 11.8 Å². The van der Waals surface area contributed by atoms with Gasteiger partial charge in [-0.15, -0.1) is 11.8 Å². The maximum Gasteiger partial charge on any atom is 0.230 e. The summed E-state index contributed by atoms with van der Waals surface area (Å²) in [6.07, 6.45) is 0. The van der Waals surface area contributed by atoms with Crippen molar-refractivity contribution in [2.45, 2.75) is 18.4 Å². The number of benzene rings is 2. The van der Waals surface area contributed by atoms with Crippen LogP contribution in [-0.2, 0) is 16.1 Å². The van der Waals surface area contributed by atoms with Gasteiger partial charge in [0.25, 0.3) is 0 Å². The van der Waals surface area contributed by atoms with E-state index in [-0.39, 0.29) is 17.6 Å². The summed E-state index contributed by atoms with van der Waals surface area (Å²) in [5.41, 5.74) is 1.58. The molecule has 0 aliphatic rings. The highest BCUT2D eigenvalue weighted by Crippen LogP contribution is 2.20. The van der Waals surface area contributed by atoms with Crippen molar-refractivity contribution in [3.05, 3.63) is 59.9 Å². The summed E-state index contributed by atoms with van der Waals surface area (Å²) in [7, 11) is 0. The average molecular weight is 332 g/mol. The van der Waals surface area contributed by atoms with Crippen molar-refractivity contribution >= 4 is 29.3 Å². The molecule has 0 saturated heterocycles. The molecule has 0 radical (unpaired) electrons. The molecule has 0 saturated carbocycles. The Morgan fingerprint density at radius 1 is 1.04 bits per heavy atom. The number of anilines is 1. The molecule has 2 amide bonds. The third-order valence-electron chi connectivity index (χ3n) is 2.95. The molecule has 0 heterocycles. The fourth-order valence-corrected chi connectivity index (χ4v) is 2.57. The number of carbonyl (C=O) groups is 2. The van der Waals surface area contributed by atoms with Crippen LogP contribution < -0.4 is 10.6 Å². The molecule has 0 aromatic heterocycles. The Morgan fingerprint density at radius 3 is 2.30 bits per heavy atom. The average Bonchev–Trinajstić information content (AvgIpc) is 2.53. The topological polar surface area (TPSA) is 58.2 Å². The van der Waals surface area contributed by atoms with Crippen LogP contribution in [0.1, 0.15) is 12.5 Å². The van der Waals surface area contributed by atoms with Gasteiger partial charge in [0.15, 0.2) is 0 Å². The summed E-state index contributed by atoms with van der Waals surface area (Å²) in [5, 5.41) is 5.47. The highest BCUT2D eigenvalue weighted by molar-refractivity contribution is 8.00. The van der Waals surface area contributed by atoms with Crippen LogP contribution in [0.4, 0.5) is 10.1 Å². The Kier molecular flexibility index (Phi) is 6.17. The van der Waals surface area contributed by atoms with Gasteiger partial charge in [0, 0.05) is 24.1 Å². The monoisotopic (exact) mass is 332 g/mol. The molecular weight excluding hydrogens is 315 g/mol. The van der Waals surface area contributed by atoms with E-state index in [1.807, 2.05) is 12.1 Å². The van der Waals surface area contributed by atoms with Crippen molar-refractivity contribution in [2.75, 3.05) is 11.1 Å². The molecule has 0 aliphatic heterocycles. The lowest BCUT2D eigenvalue weighted by molar-refractivity contribution is -0.118. The third kappa shape index (κ3) is 6.12. The maximum atomic E-state index is 12.8. The summed E-state index contributed by atoms with van der Waals surface area (Å²) < 4.78 is 12.8. The summed E-state index contributed by atoms with van der Waals surface area (Å²) in [6, 6.07) is 13.3. The van der Waals surface area contributed by atoms with E-state index in [0.717, 1.165) is 16.1 Å². The minimum absolute atomic E-state index is 0.0923. The molecule has 0 atom stereocenters. The van der Waals surface area contributed by atoms with Crippen molar-refractivity contribution in [3.63, 3.8) is 0 Å². The molecule has 0 unspecified atom stereocenters. The highest BCUT2D eigenvalue weighted by atomic mass is 32.2. The van der Waals surface area contributed by atoms with Crippen molar-refractivity contribution in [1.82, 2.24) is 5.32 Å². The van der Waals surface area contributed by atoms with E-state index in [0.29, 0.717) is 12.3 Å². The molecule has 2 aromatic rings. The smallest absolute Gasteiger partial charge is 0.230 e. The van der Waals surface area contributed by atoms with Gasteiger partial charge in [-0.2, -0.15) is 0 Å². The van der Waals surface area contributed by atoms with Gasteiger partial charge in [0.05, 0.1) is 5.75 Å². The van der Waals surface area contributed by atoms with Crippen LogP contribution >= 0.6 is 11.8 Å². The fraction of sp³-hybridized carbons (Fsp3) is 0.176. The van der Waals surface area contributed by atoms with E-state index in [9.17, 15) is 14.0 Å². The second kappa shape index (κ2) is 8.33. The maximum absolute atomic E-state index is 12.8. The van der Waals surface area contributed by atoms with Crippen LogP contribution in [0.25, 0.3) is 0 Å². The standard InChI is InChI=1S/C17H17FN2O2S/c1-12(21)20-15-6-8-16(9-7-15)23-11-17(22)19-10-13-2-4-14(18)5-3-13/h2-9H,10-11H2,1H3,(H,19,22)(H,20,21). The Bertz CT molecular complexity index is 672. The molecular formula is C17H17FN2O2S. The Hall–Kier alpha value is -2.34. The van der Waals surface area contributed by atoms with Gasteiger partial charge in [-0.1, -0.05) is 12.1 Å². The number of halogens is 1. The second-order valence-electron chi connectivity index (χ2n) is 4.90. The van der Waals surface area contributed by atoms with E-state index in [4.69, 9.17) is 0 Å². The number of rotatable bonds is 6. The van der Waals surface area contributed by atoms with Gasteiger partial charge in [0.1, 0.15) is 5.82 Å². The third-order valence-corrected chi connectivity index (χ3v) is 3.96. The van der Waals surface area contributed by atoms with Crippen molar-refractivity contribution < 1.29 is 14.0 Å². The number of nitrogens with one attached hydrogen (secondary N) is 2. The molecule has 2 N–H and O–H groups in total. The van der Waals surface area contributed by atoms with Crippen molar-refractivity contribution in [1.29, 1.82) is 0 Å². The number of amides is 2. The van der Waals surface area contributed by atoms with Crippen LogP contribution in [0.15, 0.2) is 53.4 Å². The van der Waals surface area contributed by atoms with Crippen LogP contribution in [-0.4, -0.2) is 17.6 Å². The molecule has 0 fully saturated rings. The van der Waals surface area contributed by atoms with E-state index in [2.05, 4.69) is 10.6 Å².